The highest BCUT2D eigenvalue weighted by Crippen LogP contribution is 2.23. The predicted molar refractivity (Wildman–Crippen MR) is 101 cm³/mol. The van der Waals surface area contributed by atoms with Crippen molar-refractivity contribution in [2.75, 3.05) is 12.3 Å². The number of hydrogen-bond acceptors (Lipinski definition) is 0. The molecule has 2 heteroatoms. The molecule has 0 N–H and O–H groups in total. The predicted octanol–water partition coefficient (Wildman–Crippen LogP) is 5.91. The monoisotopic (exact) mass is 316 g/mol. The van der Waals surface area contributed by atoms with Crippen LogP contribution in [0.1, 0.15) is 30.4 Å². The third kappa shape index (κ3) is 7.75. The van der Waals surface area contributed by atoms with E-state index in [1.54, 1.807) is 0 Å². The summed E-state index contributed by atoms with van der Waals surface area (Å²) in [6, 6.07) is 21.8. The highest BCUT2D eigenvalue weighted by atomic mass is 31.1. The first kappa shape index (κ1) is 16.7. The van der Waals surface area contributed by atoms with E-state index < -0.39 is 0 Å². The fourth-order valence-electron chi connectivity index (χ4n) is 2.33. The van der Waals surface area contributed by atoms with Gasteiger partial charge in [0.1, 0.15) is 0 Å². The molecule has 21 heavy (non-hydrogen) atoms. The summed E-state index contributed by atoms with van der Waals surface area (Å²) in [4.78, 5) is 0. The van der Waals surface area contributed by atoms with E-state index in [9.17, 15) is 0 Å². The average molecular weight is 316 g/mol. The Morgan fingerprint density at radius 2 is 0.952 bits per heavy atom. The molecule has 0 spiro atoms. The Morgan fingerprint density at radius 3 is 1.38 bits per heavy atom. The molecule has 0 bridgehead atoms. The quantitative estimate of drug-likeness (QED) is 0.377. The lowest BCUT2D eigenvalue weighted by atomic mass is 10.2. The largest absolute Gasteiger partial charge is 0.118 e. The molecule has 0 saturated carbocycles. The fraction of sp³-hybridized carbons (Fsp3) is 0.368. The summed E-state index contributed by atoms with van der Waals surface area (Å²) in [7, 11) is 2.20. The van der Waals surface area contributed by atoms with Gasteiger partial charge in [-0.2, -0.15) is 0 Å². The fourth-order valence-corrected chi connectivity index (χ4v) is 4.74. The van der Waals surface area contributed by atoms with Crippen molar-refractivity contribution in [1.29, 1.82) is 0 Å². The first-order valence-corrected chi connectivity index (χ1v) is 10.8. The summed E-state index contributed by atoms with van der Waals surface area (Å²) in [6.07, 6.45) is 9.63. The standard InChI is InChI=1S/C19H26P2/c1-4-10-18(11-5-1)16-20-14-8-3-9-15-21-17-19-12-6-2-7-13-19/h1-2,4-7,10-13,20-21H,3,8-9,14-17H2. The molecule has 112 valence electrons. The molecule has 0 aromatic heterocycles. The molecular weight excluding hydrogens is 290 g/mol. The van der Waals surface area contributed by atoms with Crippen LogP contribution in [0.3, 0.4) is 0 Å². The van der Waals surface area contributed by atoms with Crippen molar-refractivity contribution in [2.45, 2.75) is 31.6 Å². The lowest BCUT2D eigenvalue weighted by molar-refractivity contribution is 0.782. The third-order valence-electron chi connectivity index (χ3n) is 3.55. The Labute approximate surface area is 133 Å². The maximum Gasteiger partial charge on any atom is -0.0101 e. The van der Waals surface area contributed by atoms with Crippen molar-refractivity contribution >= 4 is 17.2 Å². The second-order valence-electron chi connectivity index (χ2n) is 5.39. The van der Waals surface area contributed by atoms with Crippen LogP contribution < -0.4 is 0 Å². The first-order valence-electron chi connectivity index (χ1n) is 7.94. The number of unbranched alkanes of at least 4 members (excludes halogenated alkanes) is 2. The molecule has 2 unspecified atom stereocenters. The van der Waals surface area contributed by atoms with E-state index in [1.165, 1.54) is 55.0 Å². The van der Waals surface area contributed by atoms with Gasteiger partial charge in [-0.3, -0.25) is 0 Å². The van der Waals surface area contributed by atoms with E-state index in [2.05, 4.69) is 60.7 Å². The molecule has 2 atom stereocenters. The van der Waals surface area contributed by atoms with E-state index in [-0.39, 0.29) is 0 Å². The second-order valence-corrected chi connectivity index (χ2v) is 8.09. The second kappa shape index (κ2) is 10.9. The van der Waals surface area contributed by atoms with Gasteiger partial charge in [0.25, 0.3) is 0 Å². The molecule has 0 nitrogen and oxygen atoms in total. The summed E-state index contributed by atoms with van der Waals surface area (Å²) in [6.45, 7) is 0. The maximum atomic E-state index is 2.25. The van der Waals surface area contributed by atoms with Crippen molar-refractivity contribution in [2.24, 2.45) is 0 Å². The lowest BCUT2D eigenvalue weighted by Crippen LogP contribution is -1.85. The van der Waals surface area contributed by atoms with Crippen LogP contribution in [0, 0.1) is 0 Å². The van der Waals surface area contributed by atoms with Gasteiger partial charge in [-0.05, 0) is 48.6 Å². The third-order valence-corrected chi connectivity index (χ3v) is 6.28. The van der Waals surface area contributed by atoms with Gasteiger partial charge in [0, 0.05) is 0 Å². The number of benzene rings is 2. The molecule has 0 amide bonds. The van der Waals surface area contributed by atoms with Crippen molar-refractivity contribution in [3.05, 3.63) is 71.8 Å². The average Bonchev–Trinajstić information content (AvgIpc) is 2.55. The van der Waals surface area contributed by atoms with Crippen LogP contribution in [0.4, 0.5) is 0 Å². The van der Waals surface area contributed by atoms with Gasteiger partial charge in [-0.1, -0.05) is 67.1 Å². The van der Waals surface area contributed by atoms with Crippen LogP contribution in [0.2, 0.25) is 0 Å². The zero-order valence-corrected chi connectivity index (χ0v) is 14.7. The minimum Gasteiger partial charge on any atom is -0.118 e. The van der Waals surface area contributed by atoms with Crippen molar-refractivity contribution in [3.8, 4) is 0 Å². The minimum absolute atomic E-state index is 1.10. The Hall–Kier alpha value is -0.700. The van der Waals surface area contributed by atoms with Gasteiger partial charge in [0.15, 0.2) is 0 Å². The molecule has 2 aromatic carbocycles. The molecule has 0 aliphatic carbocycles. The van der Waals surface area contributed by atoms with E-state index in [4.69, 9.17) is 0 Å². The van der Waals surface area contributed by atoms with Gasteiger partial charge in [0.05, 0.1) is 0 Å². The molecule has 0 fully saturated rings. The molecule has 0 radical (unpaired) electrons. The highest BCUT2D eigenvalue weighted by molar-refractivity contribution is 7.37. The Bertz CT molecular complexity index is 422. The SMILES string of the molecule is c1ccc(CPCCCCCPCc2ccccc2)cc1. The number of rotatable bonds is 10. The van der Waals surface area contributed by atoms with Crippen molar-refractivity contribution < 1.29 is 0 Å². The topological polar surface area (TPSA) is 0 Å². The molecule has 2 rings (SSSR count). The molecule has 0 heterocycles. The molecular formula is C19H26P2. The molecule has 2 aromatic rings. The van der Waals surface area contributed by atoms with Gasteiger partial charge in [-0.15, -0.1) is 17.2 Å². The van der Waals surface area contributed by atoms with Crippen LogP contribution in [0.15, 0.2) is 60.7 Å². The normalized spacial score (nSPS) is 11.8. The summed E-state index contributed by atoms with van der Waals surface area (Å²) < 4.78 is 0. The first-order chi connectivity index (χ1) is 10.4. The molecule has 0 saturated heterocycles. The zero-order chi connectivity index (χ0) is 14.6. The van der Waals surface area contributed by atoms with Crippen LogP contribution in [0.5, 0.6) is 0 Å². The summed E-state index contributed by atoms with van der Waals surface area (Å²) in [5, 5.41) is 0. The summed E-state index contributed by atoms with van der Waals surface area (Å²) in [5.74, 6) is 0. The van der Waals surface area contributed by atoms with Gasteiger partial charge in [-0.25, -0.2) is 0 Å². The van der Waals surface area contributed by atoms with E-state index in [0.717, 1.165) is 17.2 Å². The summed E-state index contributed by atoms with van der Waals surface area (Å²) >= 11 is 0. The summed E-state index contributed by atoms with van der Waals surface area (Å²) in [5.41, 5.74) is 3.00. The van der Waals surface area contributed by atoms with Crippen LogP contribution >= 0.6 is 17.2 Å². The lowest BCUT2D eigenvalue weighted by Gasteiger charge is -2.04. The van der Waals surface area contributed by atoms with E-state index in [0.29, 0.717) is 0 Å². The van der Waals surface area contributed by atoms with Crippen molar-refractivity contribution in [3.63, 3.8) is 0 Å². The van der Waals surface area contributed by atoms with Crippen LogP contribution in [-0.2, 0) is 12.3 Å². The van der Waals surface area contributed by atoms with Gasteiger partial charge < -0.3 is 0 Å². The Kier molecular flexibility index (Phi) is 8.69. The van der Waals surface area contributed by atoms with E-state index >= 15 is 0 Å². The minimum atomic E-state index is 1.10. The maximum absolute atomic E-state index is 2.25. The van der Waals surface area contributed by atoms with Crippen molar-refractivity contribution in [1.82, 2.24) is 0 Å². The van der Waals surface area contributed by atoms with Crippen LogP contribution in [-0.4, -0.2) is 12.3 Å². The zero-order valence-electron chi connectivity index (χ0n) is 12.7. The Balaban J connectivity index is 1.40. The highest BCUT2D eigenvalue weighted by Gasteiger charge is 1.95. The van der Waals surface area contributed by atoms with E-state index in [1.807, 2.05) is 0 Å². The smallest absolute Gasteiger partial charge is 0.0101 e. The molecule has 0 aliphatic heterocycles. The Morgan fingerprint density at radius 1 is 0.524 bits per heavy atom. The van der Waals surface area contributed by atoms with Gasteiger partial charge in [0.2, 0.25) is 0 Å². The van der Waals surface area contributed by atoms with Gasteiger partial charge >= 0.3 is 0 Å². The molecule has 0 aliphatic rings. The van der Waals surface area contributed by atoms with Crippen LogP contribution in [0.25, 0.3) is 0 Å². The number of hydrogen-bond donors (Lipinski definition) is 0.